The lowest BCUT2D eigenvalue weighted by Gasteiger charge is -2.14. The predicted molar refractivity (Wildman–Crippen MR) is 69.5 cm³/mol. The van der Waals surface area contributed by atoms with Gasteiger partial charge >= 0.3 is 0 Å². The van der Waals surface area contributed by atoms with Crippen molar-refractivity contribution < 1.29 is 9.47 Å². The molecule has 1 aliphatic heterocycles. The maximum absolute atomic E-state index is 5.97. The Hall–Kier alpha value is -1.42. The summed E-state index contributed by atoms with van der Waals surface area (Å²) in [6, 6.07) is 5.76. The third-order valence-corrected chi connectivity index (χ3v) is 3.09. The molecule has 1 aliphatic rings. The highest BCUT2D eigenvalue weighted by atomic mass is 16.5. The Labute approximate surface area is 102 Å². The van der Waals surface area contributed by atoms with Gasteiger partial charge in [-0.05, 0) is 31.4 Å². The van der Waals surface area contributed by atoms with Crippen molar-refractivity contribution in [3.05, 3.63) is 18.2 Å². The summed E-state index contributed by atoms with van der Waals surface area (Å²) in [6.45, 7) is 1.79. The number of benzene rings is 1. The molecule has 0 saturated carbocycles. The number of nitrogens with two attached hydrogens (primary N) is 1. The van der Waals surface area contributed by atoms with Gasteiger partial charge in [0.05, 0.1) is 24.6 Å². The zero-order valence-corrected chi connectivity index (χ0v) is 10.2. The van der Waals surface area contributed by atoms with Crippen molar-refractivity contribution >= 4 is 11.4 Å². The molecule has 94 valence electrons. The van der Waals surface area contributed by atoms with E-state index in [2.05, 4.69) is 5.32 Å². The van der Waals surface area contributed by atoms with Gasteiger partial charge in [0.2, 0.25) is 0 Å². The van der Waals surface area contributed by atoms with Gasteiger partial charge < -0.3 is 20.5 Å². The number of nitrogen functional groups attached to an aromatic ring is 1. The van der Waals surface area contributed by atoms with Crippen molar-refractivity contribution in [1.29, 1.82) is 0 Å². The molecule has 2 rings (SSSR count). The Morgan fingerprint density at radius 1 is 1.53 bits per heavy atom. The van der Waals surface area contributed by atoms with E-state index in [1.807, 2.05) is 18.2 Å². The summed E-state index contributed by atoms with van der Waals surface area (Å²) < 4.78 is 10.7. The lowest BCUT2D eigenvalue weighted by atomic mass is 10.2. The maximum Gasteiger partial charge on any atom is 0.143 e. The van der Waals surface area contributed by atoms with Crippen LogP contribution in [-0.2, 0) is 4.74 Å². The fourth-order valence-corrected chi connectivity index (χ4v) is 2.12. The molecule has 1 aromatic rings. The summed E-state index contributed by atoms with van der Waals surface area (Å²) in [5, 5.41) is 3.33. The molecule has 1 atom stereocenters. The largest absolute Gasteiger partial charge is 0.495 e. The number of nitrogens with one attached hydrogen (secondary N) is 1. The van der Waals surface area contributed by atoms with Gasteiger partial charge in [-0.1, -0.05) is 6.07 Å². The fraction of sp³-hybridized carbons (Fsp3) is 0.538. The van der Waals surface area contributed by atoms with Crippen molar-refractivity contribution in [3.63, 3.8) is 0 Å². The Morgan fingerprint density at radius 3 is 3.12 bits per heavy atom. The first-order chi connectivity index (χ1) is 8.31. The van der Waals surface area contributed by atoms with Gasteiger partial charge in [-0.25, -0.2) is 0 Å². The molecule has 1 saturated heterocycles. The summed E-state index contributed by atoms with van der Waals surface area (Å²) in [6.07, 6.45) is 3.80. The van der Waals surface area contributed by atoms with Gasteiger partial charge in [-0.15, -0.1) is 0 Å². The number of anilines is 2. The number of methoxy groups -OCH3 is 1. The number of rotatable bonds is 5. The summed E-state index contributed by atoms with van der Waals surface area (Å²) in [5.74, 6) is 0.715. The monoisotopic (exact) mass is 236 g/mol. The molecule has 1 aromatic carbocycles. The van der Waals surface area contributed by atoms with Crippen LogP contribution in [0.1, 0.15) is 19.3 Å². The van der Waals surface area contributed by atoms with Crippen LogP contribution in [0.4, 0.5) is 11.4 Å². The summed E-state index contributed by atoms with van der Waals surface area (Å²) in [5.41, 5.74) is 7.57. The van der Waals surface area contributed by atoms with Gasteiger partial charge in [0.1, 0.15) is 5.75 Å². The van der Waals surface area contributed by atoms with Crippen LogP contribution >= 0.6 is 0 Å². The molecule has 0 bridgehead atoms. The van der Waals surface area contributed by atoms with Crippen LogP contribution in [-0.4, -0.2) is 26.4 Å². The van der Waals surface area contributed by atoms with Gasteiger partial charge in [0.15, 0.2) is 0 Å². The van der Waals surface area contributed by atoms with Crippen LogP contribution in [0, 0.1) is 0 Å². The van der Waals surface area contributed by atoms with Crippen molar-refractivity contribution in [2.45, 2.75) is 25.4 Å². The Balaban J connectivity index is 1.85. The van der Waals surface area contributed by atoms with Crippen molar-refractivity contribution in [1.82, 2.24) is 0 Å². The standard InChI is InChI=1S/C13H20N2O2/c1-16-12-6-2-5-11(13(12)14)15-8-7-10-4-3-9-17-10/h2,5-6,10,15H,3-4,7-9,14H2,1H3. The molecule has 1 heterocycles. The first-order valence-corrected chi connectivity index (χ1v) is 6.09. The van der Waals surface area contributed by atoms with Crippen LogP contribution in [0.2, 0.25) is 0 Å². The smallest absolute Gasteiger partial charge is 0.143 e. The van der Waals surface area contributed by atoms with E-state index < -0.39 is 0 Å². The summed E-state index contributed by atoms with van der Waals surface area (Å²) >= 11 is 0. The average Bonchev–Trinajstić information content (AvgIpc) is 2.84. The number of hydrogen-bond donors (Lipinski definition) is 2. The molecule has 0 aliphatic carbocycles. The minimum absolute atomic E-state index is 0.411. The summed E-state index contributed by atoms with van der Waals surface area (Å²) in [4.78, 5) is 0. The number of para-hydroxylation sites is 1. The van der Waals surface area contributed by atoms with E-state index in [4.69, 9.17) is 15.2 Å². The van der Waals surface area contributed by atoms with E-state index in [1.54, 1.807) is 7.11 Å². The normalized spacial score (nSPS) is 19.2. The third-order valence-electron chi connectivity index (χ3n) is 3.09. The lowest BCUT2D eigenvalue weighted by molar-refractivity contribution is 0.107. The van der Waals surface area contributed by atoms with Crippen molar-refractivity contribution in [3.8, 4) is 5.75 Å². The minimum atomic E-state index is 0.411. The topological polar surface area (TPSA) is 56.5 Å². The number of ether oxygens (including phenoxy) is 2. The highest BCUT2D eigenvalue weighted by Crippen LogP contribution is 2.29. The molecule has 0 aromatic heterocycles. The zero-order valence-electron chi connectivity index (χ0n) is 10.2. The van der Waals surface area contributed by atoms with E-state index in [1.165, 1.54) is 12.8 Å². The van der Waals surface area contributed by atoms with E-state index in [9.17, 15) is 0 Å². The fourth-order valence-electron chi connectivity index (χ4n) is 2.12. The molecule has 1 fully saturated rings. The van der Waals surface area contributed by atoms with E-state index in [-0.39, 0.29) is 0 Å². The van der Waals surface area contributed by atoms with E-state index in [0.717, 1.165) is 25.3 Å². The number of hydrogen-bond acceptors (Lipinski definition) is 4. The maximum atomic E-state index is 5.97. The second kappa shape index (κ2) is 5.77. The quantitative estimate of drug-likeness (QED) is 0.770. The Bertz CT molecular complexity index is 362. The minimum Gasteiger partial charge on any atom is -0.495 e. The molecule has 4 heteroatoms. The van der Waals surface area contributed by atoms with Crippen molar-refractivity contribution in [2.75, 3.05) is 31.3 Å². The van der Waals surface area contributed by atoms with Gasteiger partial charge in [0, 0.05) is 13.2 Å². The van der Waals surface area contributed by atoms with Crippen LogP contribution in [0.5, 0.6) is 5.75 Å². The van der Waals surface area contributed by atoms with Gasteiger partial charge in [-0.3, -0.25) is 0 Å². The van der Waals surface area contributed by atoms with Gasteiger partial charge in [-0.2, -0.15) is 0 Å². The second-order valence-electron chi connectivity index (χ2n) is 4.27. The summed E-state index contributed by atoms with van der Waals surface area (Å²) in [7, 11) is 1.63. The second-order valence-corrected chi connectivity index (χ2v) is 4.27. The first-order valence-electron chi connectivity index (χ1n) is 6.09. The van der Waals surface area contributed by atoms with Gasteiger partial charge in [0.25, 0.3) is 0 Å². The van der Waals surface area contributed by atoms with E-state index in [0.29, 0.717) is 17.5 Å². The highest BCUT2D eigenvalue weighted by molar-refractivity contribution is 5.72. The molecule has 3 N–H and O–H groups in total. The van der Waals surface area contributed by atoms with Crippen LogP contribution in [0.25, 0.3) is 0 Å². The van der Waals surface area contributed by atoms with Crippen LogP contribution in [0.3, 0.4) is 0 Å². The molecule has 4 nitrogen and oxygen atoms in total. The zero-order chi connectivity index (χ0) is 12.1. The molecule has 17 heavy (non-hydrogen) atoms. The van der Waals surface area contributed by atoms with Crippen molar-refractivity contribution in [2.24, 2.45) is 0 Å². The molecule has 0 radical (unpaired) electrons. The Kier molecular flexibility index (Phi) is 4.09. The SMILES string of the molecule is COc1cccc(NCCC2CCCO2)c1N. The average molecular weight is 236 g/mol. The first kappa shape index (κ1) is 12.0. The third kappa shape index (κ3) is 3.03. The molecule has 1 unspecified atom stereocenters. The molecule has 0 amide bonds. The van der Waals surface area contributed by atoms with Crippen LogP contribution in [0.15, 0.2) is 18.2 Å². The molecular formula is C13H20N2O2. The lowest BCUT2D eigenvalue weighted by Crippen LogP contribution is -2.13. The molecule has 0 spiro atoms. The van der Waals surface area contributed by atoms with E-state index >= 15 is 0 Å². The highest BCUT2D eigenvalue weighted by Gasteiger charge is 2.14. The predicted octanol–water partition coefficient (Wildman–Crippen LogP) is 2.26. The molecular weight excluding hydrogens is 216 g/mol. The van der Waals surface area contributed by atoms with Crippen LogP contribution < -0.4 is 15.8 Å². The Morgan fingerprint density at radius 2 is 2.41 bits per heavy atom.